The second-order valence-corrected chi connectivity index (χ2v) is 8.50. The van der Waals surface area contributed by atoms with Crippen molar-refractivity contribution in [2.75, 3.05) is 14.2 Å². The van der Waals surface area contributed by atoms with Gasteiger partial charge in [0.25, 0.3) is 0 Å². The third kappa shape index (κ3) is 5.13. The highest BCUT2D eigenvalue weighted by Crippen LogP contribution is 2.21. The first-order chi connectivity index (χ1) is 6.52. The molecule has 0 bridgehead atoms. The van der Waals surface area contributed by atoms with Gasteiger partial charge in [-0.05, 0) is 11.5 Å². The van der Waals surface area contributed by atoms with E-state index in [1.807, 2.05) is 0 Å². The maximum Gasteiger partial charge on any atom is 0.137 e. The smallest absolute Gasteiger partial charge is 0.137 e. The molecule has 14 heavy (non-hydrogen) atoms. The molecular formula is C11H26O2Si. The maximum absolute atomic E-state index is 5.39. The van der Waals surface area contributed by atoms with E-state index in [4.69, 9.17) is 9.47 Å². The van der Waals surface area contributed by atoms with E-state index in [0.717, 1.165) is 11.5 Å². The van der Waals surface area contributed by atoms with Crippen molar-refractivity contribution in [2.24, 2.45) is 5.92 Å². The highest BCUT2D eigenvalue weighted by atomic mass is 28.3. The largest absolute Gasteiger partial charge is 0.360 e. The van der Waals surface area contributed by atoms with Crippen molar-refractivity contribution in [1.82, 2.24) is 0 Å². The molecule has 0 aromatic carbocycles. The Morgan fingerprint density at radius 3 is 1.79 bits per heavy atom. The average molecular weight is 218 g/mol. The molecule has 3 heteroatoms. The van der Waals surface area contributed by atoms with Crippen molar-refractivity contribution in [3.05, 3.63) is 0 Å². The number of hydrogen-bond donors (Lipinski definition) is 0. The van der Waals surface area contributed by atoms with E-state index >= 15 is 0 Å². The summed E-state index contributed by atoms with van der Waals surface area (Å²) in [7, 11) is 2.59. The van der Waals surface area contributed by atoms with Crippen LogP contribution >= 0.6 is 0 Å². The van der Waals surface area contributed by atoms with Crippen molar-refractivity contribution in [3.8, 4) is 0 Å². The lowest BCUT2D eigenvalue weighted by Gasteiger charge is -2.27. The first-order valence-electron chi connectivity index (χ1n) is 5.58. The molecule has 86 valence electrons. The lowest BCUT2D eigenvalue weighted by molar-refractivity contribution is -0.0482. The summed E-state index contributed by atoms with van der Waals surface area (Å²) < 4.78 is 10.8. The molecule has 0 heterocycles. The predicted octanol–water partition coefficient (Wildman–Crippen LogP) is 2.83. The molecule has 0 saturated carbocycles. The van der Waals surface area contributed by atoms with Gasteiger partial charge in [0, 0.05) is 14.2 Å². The molecule has 0 N–H and O–H groups in total. The Hall–Kier alpha value is 0.137. The van der Waals surface area contributed by atoms with Crippen LogP contribution in [-0.4, -0.2) is 28.9 Å². The van der Waals surface area contributed by atoms with Crippen LogP contribution in [0.25, 0.3) is 0 Å². The van der Waals surface area contributed by atoms with Gasteiger partial charge in [0.05, 0.1) is 0 Å². The van der Waals surface area contributed by atoms with E-state index in [0.29, 0.717) is 0 Å². The van der Waals surface area contributed by atoms with Gasteiger partial charge in [0.2, 0.25) is 0 Å². The molecular weight excluding hydrogens is 192 g/mol. The first-order valence-corrected chi connectivity index (χ1v) is 7.73. The van der Waals surface area contributed by atoms with E-state index in [1.54, 1.807) is 14.2 Å². The predicted molar refractivity (Wildman–Crippen MR) is 64.3 cm³/mol. The Labute approximate surface area is 90.6 Å². The standard InChI is InChI=1S/C11H26O2Si/c1-9(2)7-8-14(10(3)4)11(12-5)13-6/h9-11,14H,7-8H2,1-6H3. The highest BCUT2D eigenvalue weighted by molar-refractivity contribution is 6.61. The molecule has 2 nitrogen and oxygen atoms in total. The third-order valence-electron chi connectivity index (χ3n) is 2.75. The lowest BCUT2D eigenvalue weighted by atomic mass is 10.2. The van der Waals surface area contributed by atoms with Gasteiger partial charge in [-0.3, -0.25) is 0 Å². The van der Waals surface area contributed by atoms with Gasteiger partial charge in [-0.2, -0.15) is 0 Å². The number of hydrogen-bond acceptors (Lipinski definition) is 2. The van der Waals surface area contributed by atoms with Crippen LogP contribution in [0.5, 0.6) is 0 Å². The zero-order valence-corrected chi connectivity index (χ0v) is 11.7. The Morgan fingerprint density at radius 2 is 1.50 bits per heavy atom. The second-order valence-electron chi connectivity index (χ2n) is 4.72. The molecule has 0 spiro atoms. The fourth-order valence-corrected chi connectivity index (χ4v) is 5.07. The number of methoxy groups -OCH3 is 2. The summed E-state index contributed by atoms with van der Waals surface area (Å²) in [6, 6.07) is 1.32. The maximum atomic E-state index is 5.39. The van der Waals surface area contributed by atoms with Gasteiger partial charge in [-0.15, -0.1) is 0 Å². The summed E-state index contributed by atoms with van der Waals surface area (Å²) in [6.45, 7) is 9.14. The SMILES string of the molecule is COC(OC)[SiH](CCC(C)C)C(C)C. The molecule has 0 aliphatic heterocycles. The summed E-state index contributed by atoms with van der Waals surface area (Å²) in [4.78, 5) is 0. The highest BCUT2D eigenvalue weighted by Gasteiger charge is 2.25. The fourth-order valence-electron chi connectivity index (χ4n) is 1.76. The van der Waals surface area contributed by atoms with Crippen molar-refractivity contribution in [3.63, 3.8) is 0 Å². The van der Waals surface area contributed by atoms with Crippen LogP contribution in [0.3, 0.4) is 0 Å². The Morgan fingerprint density at radius 1 is 1.00 bits per heavy atom. The Bertz CT molecular complexity index is 133. The van der Waals surface area contributed by atoms with E-state index in [2.05, 4.69) is 27.7 Å². The average Bonchev–Trinajstić information content (AvgIpc) is 2.11. The summed E-state index contributed by atoms with van der Waals surface area (Å²) in [5.74, 6) is 0.881. The van der Waals surface area contributed by atoms with Gasteiger partial charge >= 0.3 is 0 Å². The Kier molecular flexibility index (Phi) is 7.50. The van der Waals surface area contributed by atoms with Crippen molar-refractivity contribution in [2.45, 2.75) is 51.6 Å². The molecule has 0 saturated heterocycles. The summed E-state index contributed by atoms with van der Waals surface area (Å²) >= 11 is 0. The van der Waals surface area contributed by atoms with Gasteiger partial charge in [-0.25, -0.2) is 0 Å². The quantitative estimate of drug-likeness (QED) is 0.483. The zero-order chi connectivity index (χ0) is 11.1. The topological polar surface area (TPSA) is 18.5 Å². The molecule has 0 radical (unpaired) electrons. The van der Waals surface area contributed by atoms with Crippen LogP contribution in [0.1, 0.15) is 34.1 Å². The van der Waals surface area contributed by atoms with E-state index in [-0.39, 0.29) is 5.91 Å². The van der Waals surface area contributed by atoms with Gasteiger partial charge in [-0.1, -0.05) is 40.2 Å². The van der Waals surface area contributed by atoms with E-state index in [9.17, 15) is 0 Å². The van der Waals surface area contributed by atoms with Gasteiger partial charge in [0.15, 0.2) is 0 Å². The minimum atomic E-state index is -0.923. The van der Waals surface area contributed by atoms with Gasteiger partial charge in [0.1, 0.15) is 14.7 Å². The minimum absolute atomic E-state index is 0.0914. The molecule has 0 amide bonds. The van der Waals surface area contributed by atoms with Gasteiger partial charge < -0.3 is 9.47 Å². The van der Waals surface area contributed by atoms with E-state index < -0.39 is 8.80 Å². The van der Waals surface area contributed by atoms with Crippen LogP contribution in [-0.2, 0) is 9.47 Å². The normalized spacial score (nSPS) is 14.4. The van der Waals surface area contributed by atoms with Crippen LogP contribution in [0.15, 0.2) is 0 Å². The Balaban J connectivity index is 4.13. The molecule has 0 fully saturated rings. The zero-order valence-electron chi connectivity index (χ0n) is 10.5. The van der Waals surface area contributed by atoms with Crippen molar-refractivity contribution < 1.29 is 9.47 Å². The molecule has 0 rings (SSSR count). The van der Waals surface area contributed by atoms with Crippen molar-refractivity contribution >= 4 is 8.80 Å². The number of ether oxygens (including phenoxy) is 2. The minimum Gasteiger partial charge on any atom is -0.360 e. The fraction of sp³-hybridized carbons (Fsp3) is 1.00. The van der Waals surface area contributed by atoms with Crippen LogP contribution < -0.4 is 0 Å². The molecule has 0 aliphatic carbocycles. The third-order valence-corrected chi connectivity index (χ3v) is 6.70. The molecule has 0 aromatic heterocycles. The monoisotopic (exact) mass is 218 g/mol. The van der Waals surface area contributed by atoms with Crippen molar-refractivity contribution in [1.29, 1.82) is 0 Å². The molecule has 1 atom stereocenters. The lowest BCUT2D eigenvalue weighted by Crippen LogP contribution is -2.36. The van der Waals surface area contributed by atoms with Crippen LogP contribution in [0, 0.1) is 5.92 Å². The molecule has 1 unspecified atom stereocenters. The summed E-state index contributed by atoms with van der Waals surface area (Å²) in [6.07, 6.45) is 1.30. The number of rotatable bonds is 7. The molecule has 0 aliphatic rings. The first kappa shape index (κ1) is 14.1. The summed E-state index contributed by atoms with van der Waals surface area (Å²) in [5.41, 5.74) is 0.749. The van der Waals surface area contributed by atoms with E-state index in [1.165, 1.54) is 12.5 Å². The second kappa shape index (κ2) is 7.43. The summed E-state index contributed by atoms with van der Waals surface area (Å²) in [5, 5.41) is 0. The molecule has 0 aromatic rings. The van der Waals surface area contributed by atoms with Crippen LogP contribution in [0.4, 0.5) is 0 Å². The van der Waals surface area contributed by atoms with Crippen LogP contribution in [0.2, 0.25) is 11.6 Å².